The van der Waals surface area contributed by atoms with Crippen LogP contribution < -0.4 is 84.0 Å². The fourth-order valence-electron chi connectivity index (χ4n) is 9.13. The van der Waals surface area contributed by atoms with Crippen LogP contribution in [0.3, 0.4) is 0 Å². The maximum Gasteiger partial charge on any atom is 0.275 e. The number of nitrogens with zero attached hydrogens (tertiary/aromatic N) is 4. The topological polar surface area (TPSA) is 250 Å². The minimum absolute atomic E-state index is 0.0735. The monoisotopic (exact) mass is 1230 g/mol. The molecule has 87 heavy (non-hydrogen) atoms. The van der Waals surface area contributed by atoms with Gasteiger partial charge in [0.1, 0.15) is 28.7 Å². The molecule has 448 valence electrons. The van der Waals surface area contributed by atoms with Crippen molar-refractivity contribution in [3.63, 3.8) is 0 Å². The van der Waals surface area contributed by atoms with Gasteiger partial charge in [-0.1, -0.05) is 71.2 Å². The van der Waals surface area contributed by atoms with Crippen molar-refractivity contribution >= 4 is 91.9 Å². The number of anilines is 10. The summed E-state index contributed by atoms with van der Waals surface area (Å²) in [6, 6.07) is 48.6. The summed E-state index contributed by atoms with van der Waals surface area (Å²) in [5, 5.41) is 10.9. The first-order chi connectivity index (χ1) is 42.0. The van der Waals surface area contributed by atoms with Crippen molar-refractivity contribution in [2.75, 3.05) is 83.2 Å². The number of halogens is 3. The number of hydrogen-bond donors (Lipinski definition) is 5. The highest BCUT2D eigenvalue weighted by Crippen LogP contribution is 2.30. The first-order valence-electron chi connectivity index (χ1n) is 28.2. The van der Waals surface area contributed by atoms with Gasteiger partial charge in [-0.3, -0.25) is 28.8 Å². The van der Waals surface area contributed by atoms with Crippen LogP contribution >= 0.6 is 34.8 Å². The zero-order valence-corrected chi connectivity index (χ0v) is 50.3. The van der Waals surface area contributed by atoms with Crippen LogP contribution in [0.15, 0.2) is 186 Å². The van der Waals surface area contributed by atoms with E-state index in [0.29, 0.717) is 46.9 Å². The molecule has 0 bridgehead atoms. The van der Waals surface area contributed by atoms with Crippen LogP contribution in [0.2, 0.25) is 15.1 Å². The molecule has 10 aromatic rings. The van der Waals surface area contributed by atoms with E-state index >= 15 is 0 Å². The van der Waals surface area contributed by atoms with E-state index in [-0.39, 0.29) is 34.3 Å². The van der Waals surface area contributed by atoms with E-state index in [1.54, 1.807) is 93.6 Å². The quantitative estimate of drug-likeness (QED) is 0.0445. The molecule has 4 heterocycles. The van der Waals surface area contributed by atoms with Gasteiger partial charge in [0.25, 0.3) is 32.6 Å². The summed E-state index contributed by atoms with van der Waals surface area (Å²) in [4.78, 5) is 82.8. The molecule has 0 spiro atoms. The lowest BCUT2D eigenvalue weighted by Gasteiger charge is -2.17. The summed E-state index contributed by atoms with van der Waals surface area (Å²) >= 11 is 17.2. The predicted molar refractivity (Wildman–Crippen MR) is 353 cm³/mol. The van der Waals surface area contributed by atoms with E-state index in [1.807, 2.05) is 72.8 Å². The van der Waals surface area contributed by atoms with Gasteiger partial charge in [0.2, 0.25) is 11.5 Å². The molecule has 0 amide bonds. The van der Waals surface area contributed by atoms with Crippen LogP contribution in [-0.4, -0.2) is 56.0 Å². The van der Waals surface area contributed by atoms with Gasteiger partial charge in [0.05, 0.1) is 31.2 Å². The Morgan fingerprint density at radius 1 is 0.402 bits per heavy atom. The molecule has 7 N–H and O–H groups in total. The second-order valence-corrected chi connectivity index (χ2v) is 21.0. The van der Waals surface area contributed by atoms with E-state index in [1.165, 1.54) is 25.7 Å². The van der Waals surface area contributed by atoms with Gasteiger partial charge >= 0.3 is 0 Å². The molecule has 0 radical (unpaired) electrons. The van der Waals surface area contributed by atoms with Crippen LogP contribution in [-0.2, 0) is 0 Å². The Morgan fingerprint density at radius 3 is 1.21 bits per heavy atom. The highest BCUT2D eigenvalue weighted by Gasteiger charge is 2.25. The molecule has 18 nitrogen and oxygen atoms in total. The highest BCUT2D eigenvalue weighted by molar-refractivity contribution is 6.31. The Hall–Kier alpha value is -9.49. The SMILES string of the molecule is CCOc1c(Nc2ccc(Cl)cc2)c(=O)c1=O.CCOc1c(OCC)c(=O)c1=O.Nc1ccc(Cl)cc1.Nc1cccc(-c2cccc(N3CCCC3)n2)c1.O=c1c(Nc2ccc(Cl)cc2)c(Nc2cccc(-c3cccc(N4CCCC4)n3)c2)c1=O. The van der Waals surface area contributed by atoms with Crippen molar-refractivity contribution in [1.82, 2.24) is 9.97 Å². The molecule has 12 rings (SSSR count). The zero-order chi connectivity index (χ0) is 62.0. The van der Waals surface area contributed by atoms with Gasteiger partial charge in [0.15, 0.2) is 5.75 Å². The van der Waals surface area contributed by atoms with Crippen LogP contribution in [0.4, 0.5) is 57.1 Å². The van der Waals surface area contributed by atoms with Crippen molar-refractivity contribution in [2.24, 2.45) is 0 Å². The van der Waals surface area contributed by atoms with Crippen LogP contribution in [0.5, 0.6) is 17.2 Å². The third-order valence-electron chi connectivity index (χ3n) is 13.5. The number of nitrogens with two attached hydrogens (primary N) is 2. The van der Waals surface area contributed by atoms with Crippen LogP contribution in [0, 0.1) is 0 Å². The average molecular weight is 1230 g/mol. The number of ether oxygens (including phenoxy) is 3. The number of nitrogens with one attached hydrogen (secondary N) is 3. The third-order valence-corrected chi connectivity index (χ3v) is 14.3. The smallest absolute Gasteiger partial charge is 0.275 e. The molecule has 2 saturated heterocycles. The highest BCUT2D eigenvalue weighted by atomic mass is 35.5. The summed E-state index contributed by atoms with van der Waals surface area (Å²) in [6.07, 6.45) is 4.92. The minimum atomic E-state index is -0.583. The minimum Gasteiger partial charge on any atom is -0.488 e. The summed E-state index contributed by atoms with van der Waals surface area (Å²) in [5.41, 5.74) is 16.0. The largest absolute Gasteiger partial charge is 0.488 e. The standard InChI is InChI=1S/C25H21ClN4O2.C15H17N3.C12H10ClNO3.C8H10O4.C6H6ClN/c26-17-9-11-18(12-10-17)27-22-23(25(32)24(22)31)28-19-6-3-5-16(15-19)20-7-4-8-21(29-20)30-13-1-2-14-30;16-13-6-3-5-12(11-13)14-7-4-8-15(17-14)18-9-1-2-10-18;1-2-17-12-9(10(15)11(12)16)14-8-5-3-7(13)4-6-8;1-3-11-7-5(9)6(10)8(7)12-4-2;7-5-1-3-6(8)4-2-5/h3-12,15,27-28H,1-2,13-14H2;3-8,11H,1-2,9-10,16H2;3-6,14H,2H2,1H3;3-4H2,1-2H3;1-4H,8H2. The number of pyridine rings is 2. The van der Waals surface area contributed by atoms with Gasteiger partial charge in [-0.25, -0.2) is 9.97 Å². The fourth-order valence-corrected chi connectivity index (χ4v) is 9.50. The number of hydrogen-bond acceptors (Lipinski definition) is 18. The molecule has 0 saturated carbocycles. The lowest BCUT2D eigenvalue weighted by atomic mass is 10.1. The zero-order valence-electron chi connectivity index (χ0n) is 48.0. The fraction of sp³-hybridized carbons (Fsp3) is 0.212. The molecular weight excluding hydrogens is 1170 g/mol. The van der Waals surface area contributed by atoms with Gasteiger partial charge in [-0.05, 0) is 168 Å². The maximum atomic E-state index is 12.2. The molecule has 8 aromatic carbocycles. The van der Waals surface area contributed by atoms with Crippen LogP contribution in [0.25, 0.3) is 22.5 Å². The number of nitrogen functional groups attached to an aromatic ring is 2. The summed E-state index contributed by atoms with van der Waals surface area (Å²) in [7, 11) is 0. The van der Waals surface area contributed by atoms with Gasteiger partial charge < -0.3 is 51.4 Å². The molecule has 2 aliphatic heterocycles. The van der Waals surface area contributed by atoms with E-state index in [0.717, 1.165) is 76.7 Å². The normalized spacial score (nSPS) is 12.3. The van der Waals surface area contributed by atoms with Crippen molar-refractivity contribution in [3.05, 3.63) is 234 Å². The lowest BCUT2D eigenvalue weighted by molar-refractivity contribution is 0.274. The summed E-state index contributed by atoms with van der Waals surface area (Å²) < 4.78 is 14.9. The van der Waals surface area contributed by atoms with Gasteiger partial charge in [-0.2, -0.15) is 0 Å². The Kier molecular flexibility index (Phi) is 22.3. The Balaban J connectivity index is 0.000000153. The van der Waals surface area contributed by atoms with Crippen molar-refractivity contribution in [3.8, 4) is 39.8 Å². The van der Waals surface area contributed by atoms with Gasteiger partial charge in [-0.15, -0.1) is 0 Å². The number of rotatable bonds is 16. The number of benzene rings is 5. The first kappa shape index (κ1) is 63.5. The summed E-state index contributed by atoms with van der Waals surface area (Å²) in [5.74, 6) is 2.31. The second kappa shape index (κ2) is 30.5. The predicted octanol–water partition coefficient (Wildman–Crippen LogP) is 12.1. The Labute approximate surface area is 517 Å². The molecule has 21 heteroatoms. The maximum absolute atomic E-state index is 12.2. The average Bonchev–Trinajstić information content (AvgIpc) is 1.60. The Morgan fingerprint density at radius 2 is 0.770 bits per heavy atom. The van der Waals surface area contributed by atoms with E-state index in [4.69, 9.17) is 70.4 Å². The molecule has 0 aliphatic carbocycles. The molecule has 2 aliphatic rings. The number of aromatic nitrogens is 2. The first-order valence-corrected chi connectivity index (χ1v) is 29.3. The van der Waals surface area contributed by atoms with Crippen molar-refractivity contribution < 1.29 is 14.2 Å². The van der Waals surface area contributed by atoms with Crippen molar-refractivity contribution in [1.29, 1.82) is 0 Å². The van der Waals surface area contributed by atoms with E-state index < -0.39 is 32.6 Å². The summed E-state index contributed by atoms with van der Waals surface area (Å²) in [6.45, 7) is 10.6. The third kappa shape index (κ3) is 16.7. The van der Waals surface area contributed by atoms with Crippen LogP contribution in [0.1, 0.15) is 46.5 Å². The molecular formula is C66H64Cl3N9O9. The molecule has 2 fully saturated rings. The molecule has 2 aromatic heterocycles. The lowest BCUT2D eigenvalue weighted by Crippen LogP contribution is -2.35. The molecule has 0 atom stereocenters. The van der Waals surface area contributed by atoms with Crippen molar-refractivity contribution in [2.45, 2.75) is 46.5 Å². The van der Waals surface area contributed by atoms with E-state index in [9.17, 15) is 28.8 Å². The second-order valence-electron chi connectivity index (χ2n) is 19.7. The van der Waals surface area contributed by atoms with Gasteiger partial charge in [0, 0.05) is 80.8 Å². The Bertz CT molecular complexity index is 4080. The molecule has 0 unspecified atom stereocenters. The van der Waals surface area contributed by atoms with E-state index in [2.05, 4.69) is 37.9 Å².